The topological polar surface area (TPSA) is 83.5 Å². The lowest BCUT2D eigenvalue weighted by atomic mass is 9.94. The number of aromatic carboxylic acids is 1. The quantitative estimate of drug-likeness (QED) is 0.751. The van der Waals surface area contributed by atoms with E-state index < -0.39 is 21.5 Å². The van der Waals surface area contributed by atoms with E-state index in [1.807, 2.05) is 19.1 Å². The third kappa shape index (κ3) is 3.71. The van der Waals surface area contributed by atoms with E-state index in [0.29, 0.717) is 31.2 Å². The van der Waals surface area contributed by atoms with E-state index in [1.165, 1.54) is 12.1 Å². The largest absolute Gasteiger partial charge is 0.478 e. The van der Waals surface area contributed by atoms with Gasteiger partial charge in [-0.3, -0.25) is 0 Å². The highest BCUT2D eigenvalue weighted by Crippen LogP contribution is 2.30. The summed E-state index contributed by atoms with van der Waals surface area (Å²) in [5.74, 6) is -1.12. The number of sulfonamides is 1. The van der Waals surface area contributed by atoms with Gasteiger partial charge in [-0.1, -0.05) is 31.2 Å². The molecule has 0 radical (unpaired) electrons. The highest BCUT2D eigenvalue weighted by Gasteiger charge is 2.35. The molecular weight excluding hydrogens is 314 g/mol. The van der Waals surface area contributed by atoms with E-state index in [9.17, 15) is 18.3 Å². The second-order valence-electron chi connectivity index (χ2n) is 5.74. The minimum atomic E-state index is -3.81. The smallest absolute Gasteiger partial charge is 0.336 e. The van der Waals surface area contributed by atoms with E-state index in [0.717, 1.165) is 0 Å². The highest BCUT2D eigenvalue weighted by atomic mass is 32.2. The van der Waals surface area contributed by atoms with Gasteiger partial charge in [0, 0.05) is 5.54 Å². The molecule has 0 spiro atoms. The summed E-state index contributed by atoms with van der Waals surface area (Å²) in [7, 11) is -3.81. The highest BCUT2D eigenvalue weighted by molar-refractivity contribution is 7.89. The minimum absolute atomic E-state index is 0.0255. The molecule has 5 nitrogen and oxygen atoms in total. The fourth-order valence-corrected chi connectivity index (χ4v) is 4.30. The summed E-state index contributed by atoms with van der Waals surface area (Å²) in [5, 5.41) is 9.27. The van der Waals surface area contributed by atoms with Crippen LogP contribution in [0.15, 0.2) is 47.9 Å². The van der Waals surface area contributed by atoms with Gasteiger partial charge in [0.15, 0.2) is 0 Å². The number of rotatable bonds is 7. The van der Waals surface area contributed by atoms with Crippen LogP contribution in [0, 0.1) is 0 Å². The molecule has 0 fully saturated rings. The standard InChI is InChI=1S/C17H21NO4S/c1-3-9-17(10-5-6-11-17)18-23(21,22)14-8-7-13(4-2)15(12-14)16(19)20/h3,5-8,12,18H,1,4,9-11H2,2H3,(H,19,20). The number of carbonyl (C=O) groups is 1. The number of carboxylic acid groups (broad SMARTS) is 1. The average Bonchev–Trinajstić information content (AvgIpc) is 2.94. The molecule has 0 aliphatic heterocycles. The number of hydrogen-bond acceptors (Lipinski definition) is 3. The fraction of sp³-hybridized carbons (Fsp3) is 0.353. The van der Waals surface area contributed by atoms with Crippen LogP contribution in [0.5, 0.6) is 0 Å². The van der Waals surface area contributed by atoms with Crippen LogP contribution in [-0.4, -0.2) is 25.0 Å². The zero-order valence-electron chi connectivity index (χ0n) is 13.1. The van der Waals surface area contributed by atoms with Crippen molar-refractivity contribution in [3.8, 4) is 0 Å². The van der Waals surface area contributed by atoms with Crippen LogP contribution >= 0.6 is 0 Å². The first-order valence-corrected chi connectivity index (χ1v) is 8.98. The van der Waals surface area contributed by atoms with E-state index in [1.54, 1.807) is 12.1 Å². The molecule has 0 amide bonds. The lowest BCUT2D eigenvalue weighted by Gasteiger charge is -2.29. The third-order valence-electron chi connectivity index (χ3n) is 4.07. The van der Waals surface area contributed by atoms with E-state index in [2.05, 4.69) is 11.3 Å². The van der Waals surface area contributed by atoms with Crippen LogP contribution in [0.4, 0.5) is 0 Å². The van der Waals surface area contributed by atoms with Crippen molar-refractivity contribution >= 4 is 16.0 Å². The number of carboxylic acids is 1. The Hall–Kier alpha value is -1.92. The van der Waals surface area contributed by atoms with Gasteiger partial charge in [0.2, 0.25) is 10.0 Å². The Morgan fingerprint density at radius 1 is 1.39 bits per heavy atom. The first kappa shape index (κ1) is 17.4. The molecule has 0 aromatic heterocycles. The Labute approximate surface area is 136 Å². The summed E-state index contributed by atoms with van der Waals surface area (Å²) >= 11 is 0. The molecule has 2 rings (SSSR count). The maximum Gasteiger partial charge on any atom is 0.336 e. The molecular formula is C17H21NO4S. The Bertz CT molecular complexity index is 742. The van der Waals surface area contributed by atoms with E-state index in [-0.39, 0.29) is 10.5 Å². The third-order valence-corrected chi connectivity index (χ3v) is 5.65. The van der Waals surface area contributed by atoms with Crippen LogP contribution in [0.2, 0.25) is 0 Å². The van der Waals surface area contributed by atoms with Gasteiger partial charge >= 0.3 is 5.97 Å². The molecule has 1 aromatic rings. The van der Waals surface area contributed by atoms with Crippen molar-refractivity contribution in [2.45, 2.75) is 43.0 Å². The first-order valence-electron chi connectivity index (χ1n) is 7.49. The van der Waals surface area contributed by atoms with Gasteiger partial charge in [-0.15, -0.1) is 6.58 Å². The molecule has 6 heteroatoms. The SMILES string of the molecule is C=CCC1(NS(=O)(=O)c2ccc(CC)c(C(=O)O)c2)CC=CC1. The summed E-state index contributed by atoms with van der Waals surface area (Å²) in [5.41, 5.74) is 0.0328. The molecule has 0 bridgehead atoms. The van der Waals surface area contributed by atoms with Gasteiger partial charge in [-0.25, -0.2) is 17.9 Å². The molecule has 124 valence electrons. The average molecular weight is 335 g/mol. The molecule has 0 unspecified atom stereocenters. The molecule has 0 heterocycles. The van der Waals surface area contributed by atoms with Crippen LogP contribution in [0.3, 0.4) is 0 Å². The number of nitrogens with one attached hydrogen (secondary N) is 1. The molecule has 1 aliphatic carbocycles. The van der Waals surface area contributed by atoms with Gasteiger partial charge in [0.1, 0.15) is 0 Å². The molecule has 1 aliphatic rings. The Kier molecular flexibility index (Phi) is 5.06. The number of aryl methyl sites for hydroxylation is 1. The lowest BCUT2D eigenvalue weighted by molar-refractivity contribution is 0.0695. The molecule has 2 N–H and O–H groups in total. The lowest BCUT2D eigenvalue weighted by Crippen LogP contribution is -2.46. The molecule has 23 heavy (non-hydrogen) atoms. The van der Waals surface area contributed by atoms with Crippen molar-refractivity contribution in [2.24, 2.45) is 0 Å². The Morgan fingerprint density at radius 2 is 2.04 bits per heavy atom. The first-order chi connectivity index (χ1) is 10.8. The zero-order valence-corrected chi connectivity index (χ0v) is 13.9. The van der Waals surface area contributed by atoms with Crippen molar-refractivity contribution in [2.75, 3.05) is 0 Å². The van der Waals surface area contributed by atoms with Crippen LogP contribution in [0.25, 0.3) is 0 Å². The maximum atomic E-state index is 12.7. The molecule has 0 saturated heterocycles. The predicted molar refractivity (Wildman–Crippen MR) is 89.0 cm³/mol. The van der Waals surface area contributed by atoms with Crippen molar-refractivity contribution in [3.63, 3.8) is 0 Å². The van der Waals surface area contributed by atoms with E-state index in [4.69, 9.17) is 0 Å². The molecule has 0 saturated carbocycles. The van der Waals surface area contributed by atoms with Gasteiger partial charge in [0.05, 0.1) is 10.5 Å². The molecule has 1 aromatic carbocycles. The normalized spacial score (nSPS) is 16.4. The van der Waals surface area contributed by atoms with Crippen molar-refractivity contribution in [1.82, 2.24) is 4.72 Å². The van der Waals surface area contributed by atoms with Crippen molar-refractivity contribution in [3.05, 3.63) is 54.1 Å². The van der Waals surface area contributed by atoms with Gasteiger partial charge < -0.3 is 5.11 Å². The Morgan fingerprint density at radius 3 is 2.57 bits per heavy atom. The summed E-state index contributed by atoms with van der Waals surface area (Å²) in [4.78, 5) is 11.3. The summed E-state index contributed by atoms with van der Waals surface area (Å²) in [6.45, 7) is 5.52. The summed E-state index contributed by atoms with van der Waals surface area (Å²) < 4.78 is 28.1. The summed E-state index contributed by atoms with van der Waals surface area (Å²) in [6, 6.07) is 4.25. The van der Waals surface area contributed by atoms with Crippen molar-refractivity contribution < 1.29 is 18.3 Å². The van der Waals surface area contributed by atoms with Crippen LogP contribution in [0.1, 0.15) is 42.1 Å². The fourth-order valence-electron chi connectivity index (χ4n) is 2.84. The number of hydrogen-bond donors (Lipinski definition) is 2. The minimum Gasteiger partial charge on any atom is -0.478 e. The van der Waals surface area contributed by atoms with Crippen molar-refractivity contribution in [1.29, 1.82) is 0 Å². The monoisotopic (exact) mass is 335 g/mol. The maximum absolute atomic E-state index is 12.7. The van der Waals surface area contributed by atoms with Crippen LogP contribution < -0.4 is 4.72 Å². The predicted octanol–water partition coefficient (Wildman–Crippen LogP) is 2.89. The second kappa shape index (κ2) is 6.68. The van der Waals surface area contributed by atoms with Crippen LogP contribution in [-0.2, 0) is 16.4 Å². The summed E-state index contributed by atoms with van der Waals surface area (Å²) in [6.07, 6.45) is 7.80. The van der Waals surface area contributed by atoms with Gasteiger partial charge in [0.25, 0.3) is 0 Å². The number of benzene rings is 1. The Balaban J connectivity index is 2.38. The second-order valence-corrected chi connectivity index (χ2v) is 7.42. The van der Waals surface area contributed by atoms with Gasteiger partial charge in [-0.05, 0) is 43.4 Å². The molecule has 0 atom stereocenters. The zero-order chi connectivity index (χ0) is 17.1. The van der Waals surface area contributed by atoms with E-state index >= 15 is 0 Å². The van der Waals surface area contributed by atoms with Gasteiger partial charge in [-0.2, -0.15) is 0 Å².